The van der Waals surface area contributed by atoms with Crippen LogP contribution in [0.2, 0.25) is 0 Å². The Morgan fingerprint density at radius 3 is 2.50 bits per heavy atom. The Hall–Kier alpha value is -2.05. The van der Waals surface area contributed by atoms with E-state index < -0.39 is 0 Å². The maximum absolute atomic E-state index is 11.7. The van der Waals surface area contributed by atoms with Crippen molar-refractivity contribution in [2.24, 2.45) is 0 Å². The van der Waals surface area contributed by atoms with Gasteiger partial charge in [0.1, 0.15) is 11.6 Å². The summed E-state index contributed by atoms with van der Waals surface area (Å²) in [5, 5.41) is 0. The summed E-state index contributed by atoms with van der Waals surface area (Å²) in [5.74, 6) is 0.996. The Labute approximate surface area is 107 Å². The van der Waals surface area contributed by atoms with Gasteiger partial charge in [-0.2, -0.15) is 9.97 Å². The van der Waals surface area contributed by atoms with Crippen LogP contribution in [-0.2, 0) is 4.79 Å². The fraction of sp³-hybridized carbons (Fsp3) is 0.545. The molecule has 1 rings (SSSR count). The Morgan fingerprint density at radius 1 is 1.33 bits per heavy atom. The van der Waals surface area contributed by atoms with E-state index in [0.717, 1.165) is 6.42 Å². The van der Waals surface area contributed by atoms with E-state index in [4.69, 9.17) is 11.5 Å². The van der Waals surface area contributed by atoms with Gasteiger partial charge in [-0.25, -0.2) is 0 Å². The highest BCUT2D eigenvalue weighted by Gasteiger charge is 2.14. The van der Waals surface area contributed by atoms with Gasteiger partial charge in [-0.1, -0.05) is 6.92 Å². The minimum Gasteiger partial charge on any atom is -0.383 e. The molecule has 0 bridgehead atoms. The number of carbonyl (C=O) groups is 1. The maximum atomic E-state index is 11.7. The molecule has 0 aliphatic heterocycles. The van der Waals surface area contributed by atoms with E-state index in [1.165, 1.54) is 4.90 Å². The SMILES string of the molecule is CCCN(CC(=O)N(C)C)c1cc(N)nc(N)n1. The molecule has 4 N–H and O–H groups in total. The van der Waals surface area contributed by atoms with Crippen LogP contribution < -0.4 is 16.4 Å². The standard InChI is InChI=1S/C11H20N6O/c1-4-5-17(7-10(18)16(2)3)9-6-8(12)14-11(13)15-9/h6H,4-5,7H2,1-3H3,(H4,12,13,14,15). The summed E-state index contributed by atoms with van der Waals surface area (Å²) in [6.07, 6.45) is 0.893. The minimum atomic E-state index is -0.000736. The van der Waals surface area contributed by atoms with Crippen molar-refractivity contribution in [3.8, 4) is 0 Å². The van der Waals surface area contributed by atoms with E-state index in [1.54, 1.807) is 20.2 Å². The zero-order chi connectivity index (χ0) is 13.7. The highest BCUT2D eigenvalue weighted by atomic mass is 16.2. The third-order valence-corrected chi connectivity index (χ3v) is 2.39. The lowest BCUT2D eigenvalue weighted by Crippen LogP contribution is -2.37. The van der Waals surface area contributed by atoms with Crippen LogP contribution >= 0.6 is 0 Å². The highest BCUT2D eigenvalue weighted by molar-refractivity contribution is 5.80. The van der Waals surface area contributed by atoms with Gasteiger partial charge < -0.3 is 21.3 Å². The second-order valence-electron chi connectivity index (χ2n) is 4.22. The van der Waals surface area contributed by atoms with Crippen LogP contribution in [0.15, 0.2) is 6.07 Å². The smallest absolute Gasteiger partial charge is 0.241 e. The number of carbonyl (C=O) groups excluding carboxylic acids is 1. The van der Waals surface area contributed by atoms with Crippen LogP contribution in [-0.4, -0.2) is 48.0 Å². The second-order valence-corrected chi connectivity index (χ2v) is 4.22. The zero-order valence-corrected chi connectivity index (χ0v) is 11.1. The lowest BCUT2D eigenvalue weighted by Gasteiger charge is -2.24. The molecule has 0 atom stereocenters. The first-order chi connectivity index (χ1) is 8.43. The van der Waals surface area contributed by atoms with Crippen molar-refractivity contribution < 1.29 is 4.79 Å². The molecule has 1 heterocycles. The molecule has 1 amide bonds. The van der Waals surface area contributed by atoms with Crippen molar-refractivity contribution in [2.75, 3.05) is 43.6 Å². The monoisotopic (exact) mass is 252 g/mol. The van der Waals surface area contributed by atoms with Gasteiger partial charge in [0.15, 0.2) is 0 Å². The zero-order valence-electron chi connectivity index (χ0n) is 11.1. The number of anilines is 3. The molecule has 1 aromatic heterocycles. The summed E-state index contributed by atoms with van der Waals surface area (Å²) in [4.78, 5) is 23.1. The number of likely N-dealkylation sites (N-methyl/N-ethyl adjacent to an activating group) is 1. The van der Waals surface area contributed by atoms with Crippen molar-refractivity contribution in [3.63, 3.8) is 0 Å². The first-order valence-corrected chi connectivity index (χ1v) is 5.79. The maximum Gasteiger partial charge on any atom is 0.241 e. The molecule has 0 spiro atoms. The summed E-state index contributed by atoms with van der Waals surface area (Å²) in [5.41, 5.74) is 11.2. The lowest BCUT2D eigenvalue weighted by molar-refractivity contribution is -0.127. The average Bonchev–Trinajstić information content (AvgIpc) is 2.26. The van der Waals surface area contributed by atoms with E-state index in [-0.39, 0.29) is 18.4 Å². The van der Waals surface area contributed by atoms with Gasteiger partial charge in [-0.3, -0.25) is 4.79 Å². The van der Waals surface area contributed by atoms with Crippen molar-refractivity contribution >= 4 is 23.5 Å². The molecular formula is C11H20N6O. The predicted octanol–water partition coefficient (Wildman–Crippen LogP) is -0.0544. The molecule has 7 heteroatoms. The highest BCUT2D eigenvalue weighted by Crippen LogP contribution is 2.15. The van der Waals surface area contributed by atoms with E-state index >= 15 is 0 Å². The van der Waals surface area contributed by atoms with Crippen molar-refractivity contribution in [2.45, 2.75) is 13.3 Å². The van der Waals surface area contributed by atoms with Crippen LogP contribution in [0, 0.1) is 0 Å². The van der Waals surface area contributed by atoms with Crippen LogP contribution in [0.3, 0.4) is 0 Å². The quantitative estimate of drug-likeness (QED) is 0.761. The third-order valence-electron chi connectivity index (χ3n) is 2.39. The van der Waals surface area contributed by atoms with Gasteiger partial charge in [0.05, 0.1) is 6.54 Å². The molecule has 0 saturated heterocycles. The molecule has 0 aliphatic rings. The summed E-state index contributed by atoms with van der Waals surface area (Å²) in [6.45, 7) is 2.98. The molecule has 100 valence electrons. The fourth-order valence-electron chi connectivity index (χ4n) is 1.48. The Morgan fingerprint density at radius 2 is 2.00 bits per heavy atom. The predicted molar refractivity (Wildman–Crippen MR) is 72.1 cm³/mol. The Bertz CT molecular complexity index is 400. The number of nitrogen functional groups attached to an aromatic ring is 2. The average molecular weight is 252 g/mol. The van der Waals surface area contributed by atoms with Crippen LogP contribution in [0.5, 0.6) is 0 Å². The molecule has 7 nitrogen and oxygen atoms in total. The number of amides is 1. The first-order valence-electron chi connectivity index (χ1n) is 5.79. The molecule has 0 aliphatic carbocycles. The third kappa shape index (κ3) is 3.76. The van der Waals surface area contributed by atoms with Gasteiger partial charge in [0.25, 0.3) is 0 Å². The van der Waals surface area contributed by atoms with Crippen LogP contribution in [0.4, 0.5) is 17.6 Å². The largest absolute Gasteiger partial charge is 0.383 e. The number of hydrogen-bond acceptors (Lipinski definition) is 6. The van der Waals surface area contributed by atoms with Crippen molar-refractivity contribution in [3.05, 3.63) is 6.07 Å². The van der Waals surface area contributed by atoms with E-state index in [9.17, 15) is 4.79 Å². The van der Waals surface area contributed by atoms with E-state index in [0.29, 0.717) is 18.2 Å². The van der Waals surface area contributed by atoms with Gasteiger partial charge in [-0.05, 0) is 6.42 Å². The number of nitrogens with two attached hydrogens (primary N) is 2. The second kappa shape index (κ2) is 6.04. The van der Waals surface area contributed by atoms with Crippen LogP contribution in [0.25, 0.3) is 0 Å². The minimum absolute atomic E-state index is 0.000736. The molecule has 0 fully saturated rings. The molecule has 0 aromatic carbocycles. The topological polar surface area (TPSA) is 101 Å². The lowest BCUT2D eigenvalue weighted by atomic mass is 10.3. The molecule has 18 heavy (non-hydrogen) atoms. The van der Waals surface area contributed by atoms with Crippen LogP contribution in [0.1, 0.15) is 13.3 Å². The molecule has 0 saturated carbocycles. The summed E-state index contributed by atoms with van der Waals surface area (Å²) in [7, 11) is 3.43. The normalized spacial score (nSPS) is 10.2. The van der Waals surface area contributed by atoms with Gasteiger partial charge in [0.2, 0.25) is 11.9 Å². The molecular weight excluding hydrogens is 232 g/mol. The number of aromatic nitrogens is 2. The number of nitrogens with zero attached hydrogens (tertiary/aromatic N) is 4. The molecule has 1 aromatic rings. The Kier molecular flexibility index (Phi) is 4.70. The van der Waals surface area contributed by atoms with Gasteiger partial charge in [0, 0.05) is 26.7 Å². The van der Waals surface area contributed by atoms with E-state index in [1.807, 2.05) is 11.8 Å². The van der Waals surface area contributed by atoms with Crippen molar-refractivity contribution in [1.82, 2.24) is 14.9 Å². The fourth-order valence-corrected chi connectivity index (χ4v) is 1.48. The number of rotatable bonds is 5. The van der Waals surface area contributed by atoms with E-state index in [2.05, 4.69) is 9.97 Å². The summed E-state index contributed by atoms with van der Waals surface area (Å²) >= 11 is 0. The van der Waals surface area contributed by atoms with Gasteiger partial charge in [-0.15, -0.1) is 0 Å². The first kappa shape index (κ1) is 14.0. The summed E-state index contributed by atoms with van der Waals surface area (Å²) in [6, 6.07) is 1.62. The molecule has 0 radical (unpaired) electrons. The Balaban J connectivity index is 2.93. The summed E-state index contributed by atoms with van der Waals surface area (Å²) < 4.78 is 0. The van der Waals surface area contributed by atoms with Gasteiger partial charge >= 0.3 is 0 Å². The molecule has 0 unspecified atom stereocenters. The van der Waals surface area contributed by atoms with Crippen molar-refractivity contribution in [1.29, 1.82) is 0 Å². The number of hydrogen-bond donors (Lipinski definition) is 2.